The van der Waals surface area contributed by atoms with Gasteiger partial charge in [-0.3, -0.25) is 4.79 Å². The standard InChI is InChI=1S/C16H18N2OS/c1-2-3-15(19)17-13-8-6-11(7-9-13)14-10-20-16(18-14)12-4-5-12/h6-10,12H,2-5H2,1H3,(H,17,19). The molecule has 3 rings (SSSR count). The van der Waals surface area contributed by atoms with Crippen molar-refractivity contribution >= 4 is 22.9 Å². The number of nitrogens with one attached hydrogen (secondary N) is 1. The molecule has 0 spiro atoms. The summed E-state index contributed by atoms with van der Waals surface area (Å²) >= 11 is 1.76. The van der Waals surface area contributed by atoms with Crippen LogP contribution >= 0.6 is 11.3 Å². The predicted octanol–water partition coefficient (Wildman–Crippen LogP) is 4.43. The number of aromatic nitrogens is 1. The predicted molar refractivity (Wildman–Crippen MR) is 83.1 cm³/mol. The van der Waals surface area contributed by atoms with Crippen LogP contribution in [-0.4, -0.2) is 10.9 Å². The Morgan fingerprint density at radius 3 is 2.75 bits per heavy atom. The van der Waals surface area contributed by atoms with Gasteiger partial charge in [0.25, 0.3) is 0 Å². The lowest BCUT2D eigenvalue weighted by atomic mass is 10.1. The first-order valence-electron chi connectivity index (χ1n) is 7.12. The van der Waals surface area contributed by atoms with Crippen molar-refractivity contribution in [2.75, 3.05) is 5.32 Å². The Kier molecular flexibility index (Phi) is 3.83. The second-order valence-corrected chi connectivity index (χ2v) is 6.11. The molecule has 3 nitrogen and oxygen atoms in total. The lowest BCUT2D eigenvalue weighted by molar-refractivity contribution is -0.116. The number of hydrogen-bond acceptors (Lipinski definition) is 3. The van der Waals surface area contributed by atoms with Gasteiger partial charge in [0.2, 0.25) is 5.91 Å². The van der Waals surface area contributed by atoms with E-state index in [2.05, 4.69) is 10.7 Å². The minimum absolute atomic E-state index is 0.0740. The number of thiazole rings is 1. The highest BCUT2D eigenvalue weighted by atomic mass is 32.1. The van der Waals surface area contributed by atoms with E-state index >= 15 is 0 Å². The summed E-state index contributed by atoms with van der Waals surface area (Å²) in [6, 6.07) is 7.93. The van der Waals surface area contributed by atoms with Crippen LogP contribution in [0.1, 0.15) is 43.5 Å². The first-order chi connectivity index (χ1) is 9.76. The van der Waals surface area contributed by atoms with Gasteiger partial charge in [-0.1, -0.05) is 19.1 Å². The highest BCUT2D eigenvalue weighted by molar-refractivity contribution is 7.10. The molecule has 1 aromatic heterocycles. The van der Waals surface area contributed by atoms with Crippen LogP contribution in [0.15, 0.2) is 29.6 Å². The van der Waals surface area contributed by atoms with E-state index in [0.29, 0.717) is 12.3 Å². The van der Waals surface area contributed by atoms with Gasteiger partial charge in [-0.15, -0.1) is 11.3 Å². The van der Waals surface area contributed by atoms with Gasteiger partial charge in [0.15, 0.2) is 0 Å². The summed E-state index contributed by atoms with van der Waals surface area (Å²) in [4.78, 5) is 16.2. The van der Waals surface area contributed by atoms with Crippen LogP contribution in [0.2, 0.25) is 0 Å². The number of benzene rings is 1. The molecule has 0 aliphatic heterocycles. The number of anilines is 1. The normalized spacial score (nSPS) is 14.2. The quantitative estimate of drug-likeness (QED) is 0.883. The third-order valence-electron chi connectivity index (χ3n) is 3.39. The van der Waals surface area contributed by atoms with E-state index < -0.39 is 0 Å². The molecule has 0 unspecified atom stereocenters. The topological polar surface area (TPSA) is 42.0 Å². The molecular formula is C16H18N2OS. The largest absolute Gasteiger partial charge is 0.326 e. The van der Waals surface area contributed by atoms with Gasteiger partial charge in [0.1, 0.15) is 0 Å². The van der Waals surface area contributed by atoms with Crippen molar-refractivity contribution < 1.29 is 4.79 Å². The SMILES string of the molecule is CCCC(=O)Nc1ccc(-c2csc(C3CC3)n2)cc1. The molecular weight excluding hydrogens is 268 g/mol. The number of carbonyl (C=O) groups excluding carboxylic acids is 1. The highest BCUT2D eigenvalue weighted by Crippen LogP contribution is 2.42. The zero-order valence-electron chi connectivity index (χ0n) is 11.6. The number of nitrogens with zero attached hydrogens (tertiary/aromatic N) is 1. The molecule has 1 aliphatic carbocycles. The molecule has 1 aliphatic rings. The molecule has 1 heterocycles. The minimum atomic E-state index is 0.0740. The molecule has 0 atom stereocenters. The van der Waals surface area contributed by atoms with Crippen LogP contribution in [-0.2, 0) is 4.79 Å². The summed E-state index contributed by atoms with van der Waals surface area (Å²) in [5, 5.41) is 6.29. The van der Waals surface area contributed by atoms with E-state index in [-0.39, 0.29) is 5.91 Å². The van der Waals surface area contributed by atoms with Gasteiger partial charge in [0.05, 0.1) is 10.7 Å². The third kappa shape index (κ3) is 3.07. The fourth-order valence-electron chi connectivity index (χ4n) is 2.11. The number of amides is 1. The van der Waals surface area contributed by atoms with Gasteiger partial charge in [-0.05, 0) is 31.4 Å². The van der Waals surface area contributed by atoms with Crippen molar-refractivity contribution in [2.24, 2.45) is 0 Å². The highest BCUT2D eigenvalue weighted by Gasteiger charge is 2.26. The first-order valence-corrected chi connectivity index (χ1v) is 8.00. The van der Waals surface area contributed by atoms with E-state index in [1.807, 2.05) is 31.2 Å². The molecule has 1 saturated carbocycles. The average Bonchev–Trinajstić information content (AvgIpc) is 3.18. The second kappa shape index (κ2) is 5.75. The van der Waals surface area contributed by atoms with E-state index in [0.717, 1.165) is 23.4 Å². The monoisotopic (exact) mass is 286 g/mol. The van der Waals surface area contributed by atoms with Gasteiger partial charge >= 0.3 is 0 Å². The van der Waals surface area contributed by atoms with Crippen LogP contribution in [0.5, 0.6) is 0 Å². The Morgan fingerprint density at radius 2 is 2.10 bits per heavy atom. The van der Waals surface area contributed by atoms with Crippen LogP contribution in [0.3, 0.4) is 0 Å². The van der Waals surface area contributed by atoms with Gasteiger partial charge in [-0.25, -0.2) is 4.98 Å². The minimum Gasteiger partial charge on any atom is -0.326 e. The van der Waals surface area contributed by atoms with Crippen LogP contribution in [0.4, 0.5) is 5.69 Å². The van der Waals surface area contributed by atoms with E-state index in [1.165, 1.54) is 17.8 Å². The fourth-order valence-corrected chi connectivity index (χ4v) is 3.11. The van der Waals surface area contributed by atoms with Gasteiger partial charge in [0, 0.05) is 29.0 Å². The summed E-state index contributed by atoms with van der Waals surface area (Å²) in [5.41, 5.74) is 3.01. The van der Waals surface area contributed by atoms with Crippen LogP contribution in [0, 0.1) is 0 Å². The van der Waals surface area contributed by atoms with Crippen molar-refractivity contribution in [1.82, 2.24) is 4.98 Å². The van der Waals surface area contributed by atoms with Crippen molar-refractivity contribution in [3.05, 3.63) is 34.7 Å². The molecule has 0 radical (unpaired) electrons. The summed E-state index contributed by atoms with van der Waals surface area (Å²) in [7, 11) is 0. The molecule has 1 fully saturated rings. The Bertz CT molecular complexity index is 599. The van der Waals surface area contributed by atoms with Gasteiger partial charge in [-0.2, -0.15) is 0 Å². The number of rotatable bonds is 5. The molecule has 0 bridgehead atoms. The molecule has 0 saturated heterocycles. The number of hydrogen-bond donors (Lipinski definition) is 1. The molecule has 20 heavy (non-hydrogen) atoms. The zero-order chi connectivity index (χ0) is 13.9. The van der Waals surface area contributed by atoms with Gasteiger partial charge < -0.3 is 5.32 Å². The summed E-state index contributed by atoms with van der Waals surface area (Å²) in [6.07, 6.45) is 4.01. The van der Waals surface area contributed by atoms with Crippen LogP contribution in [0.25, 0.3) is 11.3 Å². The summed E-state index contributed by atoms with van der Waals surface area (Å²) < 4.78 is 0. The lowest BCUT2D eigenvalue weighted by Gasteiger charge is -2.04. The van der Waals surface area contributed by atoms with Crippen molar-refractivity contribution in [2.45, 2.75) is 38.5 Å². The average molecular weight is 286 g/mol. The van der Waals surface area contributed by atoms with Crippen LogP contribution < -0.4 is 5.32 Å². The number of carbonyl (C=O) groups is 1. The maximum atomic E-state index is 11.5. The third-order valence-corrected chi connectivity index (χ3v) is 4.40. The maximum absolute atomic E-state index is 11.5. The molecule has 2 aromatic rings. The molecule has 4 heteroatoms. The molecule has 1 amide bonds. The smallest absolute Gasteiger partial charge is 0.224 e. The van der Waals surface area contributed by atoms with E-state index in [1.54, 1.807) is 11.3 Å². The lowest BCUT2D eigenvalue weighted by Crippen LogP contribution is -2.10. The van der Waals surface area contributed by atoms with E-state index in [9.17, 15) is 4.79 Å². The van der Waals surface area contributed by atoms with Crippen molar-refractivity contribution in [1.29, 1.82) is 0 Å². The zero-order valence-corrected chi connectivity index (χ0v) is 12.4. The Morgan fingerprint density at radius 1 is 1.35 bits per heavy atom. The summed E-state index contributed by atoms with van der Waals surface area (Å²) in [5.74, 6) is 0.784. The first kappa shape index (κ1) is 13.3. The molecule has 104 valence electrons. The molecule has 1 aromatic carbocycles. The van der Waals surface area contributed by atoms with Crippen molar-refractivity contribution in [3.8, 4) is 11.3 Å². The molecule has 1 N–H and O–H groups in total. The Labute approximate surface area is 123 Å². The van der Waals surface area contributed by atoms with Crippen molar-refractivity contribution in [3.63, 3.8) is 0 Å². The summed E-state index contributed by atoms with van der Waals surface area (Å²) in [6.45, 7) is 2.00. The Hall–Kier alpha value is -1.68. The van der Waals surface area contributed by atoms with E-state index in [4.69, 9.17) is 4.98 Å². The second-order valence-electron chi connectivity index (χ2n) is 5.22. The Balaban J connectivity index is 1.69. The maximum Gasteiger partial charge on any atom is 0.224 e. The fraction of sp³-hybridized carbons (Fsp3) is 0.375.